The molecule has 3 rings (SSSR count). The van der Waals surface area contributed by atoms with E-state index in [4.69, 9.17) is 10.5 Å². The lowest BCUT2D eigenvalue weighted by Gasteiger charge is -2.21. The Bertz CT molecular complexity index is 715. The Morgan fingerprint density at radius 1 is 1.04 bits per heavy atom. The van der Waals surface area contributed by atoms with Gasteiger partial charge in [0.25, 0.3) is 0 Å². The van der Waals surface area contributed by atoms with E-state index in [-0.39, 0.29) is 5.91 Å². The standard InChI is InChI=1S/C23H30N2O2S/c24-22(17-28-16-19-7-3-1-4-8-19)23(26)25-15-18-11-13-21(14-12-18)27-20-9-5-2-6-10-20/h2,5-6,9-14,19,22H,1,3-4,7-8,15-17,24H2,(H,25,26)/t22-/m0/s1. The Kier molecular flexibility index (Phi) is 8.24. The maximum Gasteiger partial charge on any atom is 0.238 e. The molecular formula is C23H30N2O2S. The van der Waals surface area contributed by atoms with Crippen molar-refractivity contribution in [3.8, 4) is 11.5 Å². The van der Waals surface area contributed by atoms with Crippen LogP contribution in [0.4, 0.5) is 0 Å². The number of nitrogens with two attached hydrogens (primary N) is 1. The summed E-state index contributed by atoms with van der Waals surface area (Å²) in [5.74, 6) is 4.12. The average molecular weight is 399 g/mol. The topological polar surface area (TPSA) is 64.4 Å². The number of carbonyl (C=O) groups is 1. The number of benzene rings is 2. The molecule has 1 aliphatic carbocycles. The SMILES string of the molecule is N[C@@H](CSCC1CCCCC1)C(=O)NCc1ccc(Oc2ccccc2)cc1. The third-order valence-corrected chi connectivity index (χ3v) is 6.38. The van der Waals surface area contributed by atoms with Gasteiger partial charge >= 0.3 is 0 Å². The summed E-state index contributed by atoms with van der Waals surface area (Å²) in [5, 5.41) is 2.94. The Labute approximate surface area is 172 Å². The van der Waals surface area contributed by atoms with E-state index in [1.807, 2.05) is 66.4 Å². The highest BCUT2D eigenvalue weighted by Gasteiger charge is 2.16. The van der Waals surface area contributed by atoms with Crippen molar-refractivity contribution in [1.29, 1.82) is 0 Å². The van der Waals surface area contributed by atoms with Crippen LogP contribution in [0.3, 0.4) is 0 Å². The van der Waals surface area contributed by atoms with Gasteiger partial charge in [-0.1, -0.05) is 49.6 Å². The number of rotatable bonds is 9. The third-order valence-electron chi connectivity index (χ3n) is 5.08. The smallest absolute Gasteiger partial charge is 0.238 e. The van der Waals surface area contributed by atoms with Crippen LogP contribution in [-0.4, -0.2) is 23.5 Å². The van der Waals surface area contributed by atoms with Crippen LogP contribution in [0.5, 0.6) is 11.5 Å². The normalized spacial score (nSPS) is 15.8. The van der Waals surface area contributed by atoms with Crippen molar-refractivity contribution in [3.05, 3.63) is 60.2 Å². The summed E-state index contributed by atoms with van der Waals surface area (Å²) in [6, 6.07) is 17.0. The van der Waals surface area contributed by atoms with Crippen LogP contribution < -0.4 is 15.8 Å². The summed E-state index contributed by atoms with van der Waals surface area (Å²) in [4.78, 5) is 12.2. The number of carbonyl (C=O) groups excluding carboxylic acids is 1. The van der Waals surface area contributed by atoms with Crippen LogP contribution in [0, 0.1) is 5.92 Å². The summed E-state index contributed by atoms with van der Waals surface area (Å²) in [7, 11) is 0. The maximum absolute atomic E-state index is 12.2. The summed E-state index contributed by atoms with van der Waals surface area (Å²) in [5.41, 5.74) is 7.08. The van der Waals surface area contributed by atoms with Gasteiger partial charge in [0, 0.05) is 12.3 Å². The molecule has 28 heavy (non-hydrogen) atoms. The number of hydrogen-bond donors (Lipinski definition) is 2. The van der Waals surface area contributed by atoms with Crippen LogP contribution in [0.15, 0.2) is 54.6 Å². The van der Waals surface area contributed by atoms with E-state index in [2.05, 4.69) is 5.32 Å². The van der Waals surface area contributed by atoms with Crippen molar-refractivity contribution in [1.82, 2.24) is 5.32 Å². The maximum atomic E-state index is 12.2. The molecule has 5 heteroatoms. The molecule has 0 aromatic heterocycles. The molecule has 1 saturated carbocycles. The monoisotopic (exact) mass is 398 g/mol. The van der Waals surface area contributed by atoms with Gasteiger partial charge in [0.05, 0.1) is 6.04 Å². The second-order valence-electron chi connectivity index (χ2n) is 7.42. The van der Waals surface area contributed by atoms with E-state index in [9.17, 15) is 4.79 Å². The summed E-state index contributed by atoms with van der Waals surface area (Å²) in [6.07, 6.45) is 6.75. The van der Waals surface area contributed by atoms with Crippen LogP contribution in [0.2, 0.25) is 0 Å². The first-order chi connectivity index (χ1) is 13.7. The van der Waals surface area contributed by atoms with Crippen LogP contribution >= 0.6 is 11.8 Å². The van der Waals surface area contributed by atoms with Gasteiger partial charge < -0.3 is 15.8 Å². The van der Waals surface area contributed by atoms with E-state index < -0.39 is 6.04 Å². The van der Waals surface area contributed by atoms with Crippen molar-refractivity contribution in [2.75, 3.05) is 11.5 Å². The minimum atomic E-state index is -0.450. The number of hydrogen-bond acceptors (Lipinski definition) is 4. The third kappa shape index (κ3) is 6.88. The van der Waals surface area contributed by atoms with Crippen molar-refractivity contribution in [2.24, 2.45) is 11.7 Å². The molecule has 1 amide bonds. The fourth-order valence-electron chi connectivity index (χ4n) is 3.41. The highest BCUT2D eigenvalue weighted by atomic mass is 32.2. The Morgan fingerprint density at radius 3 is 2.43 bits per heavy atom. The van der Waals surface area contributed by atoms with Crippen LogP contribution in [0.1, 0.15) is 37.7 Å². The zero-order valence-electron chi connectivity index (χ0n) is 16.3. The van der Waals surface area contributed by atoms with E-state index in [1.54, 1.807) is 0 Å². The summed E-state index contributed by atoms with van der Waals surface area (Å²) in [6.45, 7) is 0.478. The highest BCUT2D eigenvalue weighted by Crippen LogP contribution is 2.26. The fourth-order valence-corrected chi connectivity index (χ4v) is 4.62. The van der Waals surface area contributed by atoms with E-state index >= 15 is 0 Å². The molecule has 2 aromatic carbocycles. The molecular weight excluding hydrogens is 368 g/mol. The lowest BCUT2D eigenvalue weighted by atomic mass is 9.91. The Morgan fingerprint density at radius 2 is 1.71 bits per heavy atom. The minimum absolute atomic E-state index is 0.0826. The molecule has 0 unspecified atom stereocenters. The predicted octanol–water partition coefficient (Wildman–Crippen LogP) is 4.74. The van der Waals surface area contributed by atoms with Gasteiger partial charge in [0.15, 0.2) is 0 Å². The number of thioether (sulfide) groups is 1. The Hall–Kier alpha value is -1.98. The first-order valence-corrected chi connectivity index (χ1v) is 11.3. The van der Waals surface area contributed by atoms with Crippen LogP contribution in [-0.2, 0) is 11.3 Å². The zero-order chi connectivity index (χ0) is 19.6. The quantitative estimate of drug-likeness (QED) is 0.641. The van der Waals surface area contributed by atoms with E-state index in [0.717, 1.165) is 28.7 Å². The van der Waals surface area contributed by atoms with E-state index in [0.29, 0.717) is 12.3 Å². The molecule has 1 atom stereocenters. The zero-order valence-corrected chi connectivity index (χ0v) is 17.1. The Balaban J connectivity index is 1.36. The molecule has 0 bridgehead atoms. The lowest BCUT2D eigenvalue weighted by molar-refractivity contribution is -0.122. The molecule has 0 radical (unpaired) electrons. The molecule has 0 aliphatic heterocycles. The summed E-state index contributed by atoms with van der Waals surface area (Å²) >= 11 is 1.82. The highest BCUT2D eigenvalue weighted by molar-refractivity contribution is 7.99. The molecule has 0 heterocycles. The molecule has 150 valence electrons. The average Bonchev–Trinajstić information content (AvgIpc) is 2.74. The predicted molar refractivity (Wildman–Crippen MR) is 117 cm³/mol. The molecule has 0 spiro atoms. The van der Waals surface area contributed by atoms with Gasteiger partial charge in [-0.15, -0.1) is 0 Å². The molecule has 1 aliphatic rings. The molecule has 3 N–H and O–H groups in total. The number of nitrogens with one attached hydrogen (secondary N) is 1. The number of para-hydroxylation sites is 1. The van der Waals surface area contributed by atoms with Crippen molar-refractivity contribution < 1.29 is 9.53 Å². The minimum Gasteiger partial charge on any atom is -0.457 e. The van der Waals surface area contributed by atoms with Gasteiger partial charge in [-0.3, -0.25) is 4.79 Å². The number of ether oxygens (including phenoxy) is 1. The largest absolute Gasteiger partial charge is 0.457 e. The fraction of sp³-hybridized carbons (Fsp3) is 0.435. The summed E-state index contributed by atoms with van der Waals surface area (Å²) < 4.78 is 5.78. The first kappa shape index (κ1) is 20.7. The van der Waals surface area contributed by atoms with Crippen molar-refractivity contribution >= 4 is 17.7 Å². The van der Waals surface area contributed by atoms with Gasteiger partial charge in [-0.05, 0) is 54.3 Å². The second kappa shape index (κ2) is 11.1. The van der Waals surface area contributed by atoms with Gasteiger partial charge in [-0.2, -0.15) is 11.8 Å². The van der Waals surface area contributed by atoms with Gasteiger partial charge in [0.1, 0.15) is 11.5 Å². The first-order valence-electron chi connectivity index (χ1n) is 10.1. The molecule has 0 saturated heterocycles. The lowest BCUT2D eigenvalue weighted by Crippen LogP contribution is -2.42. The van der Waals surface area contributed by atoms with Gasteiger partial charge in [0.2, 0.25) is 5.91 Å². The van der Waals surface area contributed by atoms with Crippen molar-refractivity contribution in [2.45, 2.75) is 44.7 Å². The number of amides is 1. The molecule has 2 aromatic rings. The van der Waals surface area contributed by atoms with Crippen molar-refractivity contribution in [3.63, 3.8) is 0 Å². The van der Waals surface area contributed by atoms with Gasteiger partial charge in [-0.25, -0.2) is 0 Å². The second-order valence-corrected chi connectivity index (χ2v) is 8.50. The molecule has 1 fully saturated rings. The molecule has 4 nitrogen and oxygen atoms in total. The van der Waals surface area contributed by atoms with Crippen LogP contribution in [0.25, 0.3) is 0 Å². The van der Waals surface area contributed by atoms with E-state index in [1.165, 1.54) is 32.1 Å².